The molecule has 1 aliphatic carbocycles. The van der Waals surface area contributed by atoms with Gasteiger partial charge in [-0.05, 0) is 43.9 Å². The van der Waals surface area contributed by atoms with E-state index in [9.17, 15) is 18.4 Å². The van der Waals surface area contributed by atoms with Crippen LogP contribution in [-0.2, 0) is 6.18 Å². The van der Waals surface area contributed by atoms with Gasteiger partial charge in [-0.15, -0.1) is 0 Å². The molecule has 3 heterocycles. The average Bonchev–Trinajstić information content (AvgIpc) is 2.68. The molecule has 1 atom stereocenters. The number of rotatable bonds is 5. The zero-order chi connectivity index (χ0) is 21.5. The normalized spacial score (nSPS) is 19.9. The van der Waals surface area contributed by atoms with E-state index in [2.05, 4.69) is 20.0 Å². The fourth-order valence-electron chi connectivity index (χ4n) is 4.93. The highest BCUT2D eigenvalue weighted by Crippen LogP contribution is 2.57. The van der Waals surface area contributed by atoms with Crippen LogP contribution in [-0.4, -0.2) is 41.1 Å². The van der Waals surface area contributed by atoms with Gasteiger partial charge in [0.1, 0.15) is 11.4 Å². The maximum absolute atomic E-state index is 12.7. The van der Waals surface area contributed by atoms with Crippen molar-refractivity contribution in [2.45, 2.75) is 31.9 Å². The first-order chi connectivity index (χ1) is 14.3. The molecule has 4 rings (SSSR count). The van der Waals surface area contributed by atoms with Crippen molar-refractivity contribution in [3.63, 3.8) is 0 Å². The molecule has 1 unspecified atom stereocenters. The summed E-state index contributed by atoms with van der Waals surface area (Å²) < 4.78 is 43.5. The van der Waals surface area contributed by atoms with Crippen LogP contribution in [0.15, 0.2) is 41.9 Å². The molecule has 2 aromatic rings. The molecule has 160 valence electrons. The smallest absolute Gasteiger partial charge is 0.433 e. The molecule has 2 aromatic heterocycles. The summed E-state index contributed by atoms with van der Waals surface area (Å²) in [5, 5.41) is 12.9. The number of anilines is 1. The number of oxime groups is 1. The minimum Gasteiger partial charge on any atom is -0.496 e. The molecule has 1 N–H and O–H groups in total. The molecule has 1 spiro atoms. The third kappa shape index (κ3) is 3.57. The second-order valence-corrected chi connectivity index (χ2v) is 8.26. The summed E-state index contributed by atoms with van der Waals surface area (Å²) in [6, 6.07) is 4.30. The second-order valence-electron chi connectivity index (χ2n) is 8.26. The summed E-state index contributed by atoms with van der Waals surface area (Å²) in [7, 11) is 1.60. The summed E-state index contributed by atoms with van der Waals surface area (Å²) in [4.78, 5) is 9.81. The third-order valence-corrected chi connectivity index (χ3v) is 6.29. The topological polar surface area (TPSA) is 70.8 Å². The Morgan fingerprint density at radius 3 is 2.57 bits per heavy atom. The summed E-state index contributed by atoms with van der Waals surface area (Å²) in [6.45, 7) is 3.36. The first kappa shape index (κ1) is 20.4. The standard InChI is InChI=1S/C21H23F3N4O2/c1-13(27-29)19(16-10-25-6-5-17(16)30-2)14-7-20(8-14)11-28(12-20)15-3-4-18(26-9-15)21(22,23)24/h3-6,9-10,14,19,29H,7-8,11-12H2,1-2H3. The summed E-state index contributed by atoms with van der Waals surface area (Å²) in [5.74, 6) is 0.906. The predicted molar refractivity (Wildman–Crippen MR) is 105 cm³/mol. The third-order valence-electron chi connectivity index (χ3n) is 6.29. The zero-order valence-corrected chi connectivity index (χ0v) is 16.7. The quantitative estimate of drug-likeness (QED) is 0.442. The lowest BCUT2D eigenvalue weighted by Gasteiger charge is -2.61. The van der Waals surface area contributed by atoms with E-state index in [4.69, 9.17) is 4.74 Å². The number of pyridine rings is 2. The molecule has 1 saturated heterocycles. The van der Waals surface area contributed by atoms with Crippen molar-refractivity contribution in [3.05, 3.63) is 48.0 Å². The lowest BCUT2D eigenvalue weighted by atomic mass is 9.53. The number of hydrogen-bond acceptors (Lipinski definition) is 6. The van der Waals surface area contributed by atoms with Gasteiger partial charge in [0.15, 0.2) is 0 Å². The molecular formula is C21H23F3N4O2. The van der Waals surface area contributed by atoms with Crippen LogP contribution in [0.25, 0.3) is 0 Å². The van der Waals surface area contributed by atoms with Gasteiger partial charge in [-0.2, -0.15) is 13.2 Å². The van der Waals surface area contributed by atoms with E-state index in [1.54, 1.807) is 32.5 Å². The van der Waals surface area contributed by atoms with E-state index >= 15 is 0 Å². The Bertz CT molecular complexity index is 932. The molecule has 0 radical (unpaired) electrons. The molecule has 2 fully saturated rings. The minimum absolute atomic E-state index is 0.0916. The Labute approximate surface area is 172 Å². The van der Waals surface area contributed by atoms with Gasteiger partial charge in [0, 0.05) is 42.4 Å². The Kier molecular flexibility index (Phi) is 5.07. The van der Waals surface area contributed by atoms with Crippen molar-refractivity contribution in [1.29, 1.82) is 0 Å². The number of hydrogen-bond donors (Lipinski definition) is 1. The molecule has 2 aliphatic rings. The van der Waals surface area contributed by atoms with E-state index < -0.39 is 11.9 Å². The van der Waals surface area contributed by atoms with Gasteiger partial charge in [-0.1, -0.05) is 5.16 Å². The van der Waals surface area contributed by atoms with E-state index in [1.807, 2.05) is 0 Å². The average molecular weight is 420 g/mol. The van der Waals surface area contributed by atoms with E-state index in [1.165, 1.54) is 12.3 Å². The zero-order valence-electron chi connectivity index (χ0n) is 16.7. The Hall–Kier alpha value is -2.84. The number of nitrogens with zero attached hydrogens (tertiary/aromatic N) is 4. The van der Waals surface area contributed by atoms with Crippen LogP contribution in [0.4, 0.5) is 18.9 Å². The Balaban J connectivity index is 1.43. The molecule has 6 nitrogen and oxygen atoms in total. The molecule has 9 heteroatoms. The van der Waals surface area contributed by atoms with Gasteiger partial charge in [0.25, 0.3) is 0 Å². The van der Waals surface area contributed by atoms with Crippen molar-refractivity contribution in [2.24, 2.45) is 16.5 Å². The molecule has 1 aliphatic heterocycles. The van der Waals surface area contributed by atoms with Crippen LogP contribution in [0, 0.1) is 11.3 Å². The van der Waals surface area contributed by atoms with Crippen molar-refractivity contribution < 1.29 is 23.1 Å². The molecule has 0 bridgehead atoms. The second kappa shape index (κ2) is 7.45. The van der Waals surface area contributed by atoms with Crippen molar-refractivity contribution in [1.82, 2.24) is 9.97 Å². The number of ether oxygens (including phenoxy) is 1. The van der Waals surface area contributed by atoms with Gasteiger partial charge < -0.3 is 14.8 Å². The van der Waals surface area contributed by atoms with Gasteiger partial charge in [0.05, 0.1) is 24.7 Å². The summed E-state index contributed by atoms with van der Waals surface area (Å²) in [6.07, 6.45) is 2.15. The number of aromatic nitrogens is 2. The van der Waals surface area contributed by atoms with Crippen LogP contribution in [0.1, 0.15) is 36.9 Å². The largest absolute Gasteiger partial charge is 0.496 e. The first-order valence-corrected chi connectivity index (χ1v) is 9.71. The lowest BCUT2D eigenvalue weighted by molar-refractivity contribution is -0.141. The van der Waals surface area contributed by atoms with E-state index in [0.29, 0.717) is 17.1 Å². The Morgan fingerprint density at radius 1 is 1.27 bits per heavy atom. The van der Waals surface area contributed by atoms with E-state index in [-0.39, 0.29) is 17.3 Å². The van der Waals surface area contributed by atoms with Crippen LogP contribution in [0.2, 0.25) is 0 Å². The summed E-state index contributed by atoms with van der Waals surface area (Å²) >= 11 is 0. The van der Waals surface area contributed by atoms with Gasteiger partial charge in [-0.25, -0.2) is 4.98 Å². The molecular weight excluding hydrogens is 397 g/mol. The van der Waals surface area contributed by atoms with Crippen molar-refractivity contribution in [3.8, 4) is 5.75 Å². The molecule has 1 saturated carbocycles. The molecule has 0 aromatic carbocycles. The maximum Gasteiger partial charge on any atom is 0.433 e. The number of alkyl halides is 3. The predicted octanol–water partition coefficient (Wildman–Crippen LogP) is 4.35. The van der Waals surface area contributed by atoms with Crippen molar-refractivity contribution in [2.75, 3.05) is 25.1 Å². The minimum atomic E-state index is -4.43. The highest BCUT2D eigenvalue weighted by atomic mass is 19.4. The van der Waals surface area contributed by atoms with E-state index in [0.717, 1.165) is 37.6 Å². The van der Waals surface area contributed by atoms with Gasteiger partial charge in [0.2, 0.25) is 0 Å². The highest BCUT2D eigenvalue weighted by molar-refractivity contribution is 5.89. The fraction of sp³-hybridized carbons (Fsp3) is 0.476. The van der Waals surface area contributed by atoms with Crippen molar-refractivity contribution >= 4 is 11.4 Å². The first-order valence-electron chi connectivity index (χ1n) is 9.71. The Morgan fingerprint density at radius 2 is 2.00 bits per heavy atom. The number of halogens is 3. The molecule has 0 amide bonds. The van der Waals surface area contributed by atoms with Crippen LogP contribution < -0.4 is 9.64 Å². The fourth-order valence-corrected chi connectivity index (χ4v) is 4.93. The lowest BCUT2D eigenvalue weighted by Crippen LogP contribution is -2.63. The summed E-state index contributed by atoms with van der Waals surface area (Å²) in [5.41, 5.74) is 1.48. The van der Waals surface area contributed by atoms with Crippen LogP contribution in [0.3, 0.4) is 0 Å². The van der Waals surface area contributed by atoms with Crippen LogP contribution >= 0.6 is 0 Å². The van der Waals surface area contributed by atoms with Gasteiger partial charge in [-0.3, -0.25) is 4.98 Å². The monoisotopic (exact) mass is 420 g/mol. The molecule has 30 heavy (non-hydrogen) atoms. The number of methoxy groups -OCH3 is 1. The highest BCUT2D eigenvalue weighted by Gasteiger charge is 2.55. The van der Waals surface area contributed by atoms with Gasteiger partial charge >= 0.3 is 6.18 Å². The maximum atomic E-state index is 12.7. The van der Waals surface area contributed by atoms with Crippen LogP contribution in [0.5, 0.6) is 5.75 Å². The SMILES string of the molecule is COc1ccncc1C(C(C)=NO)C1CC2(C1)CN(c1ccc(C(F)(F)F)nc1)C2.